The van der Waals surface area contributed by atoms with Crippen LogP contribution in [0.1, 0.15) is 24.1 Å². The van der Waals surface area contributed by atoms with Crippen molar-refractivity contribution in [3.05, 3.63) is 57.8 Å². The minimum Gasteiger partial charge on any atom is -0.508 e. The van der Waals surface area contributed by atoms with Crippen LogP contribution in [0.2, 0.25) is 0 Å². The monoisotopic (exact) mass is 323 g/mol. The first-order chi connectivity index (χ1) is 8.99. The van der Waals surface area contributed by atoms with Crippen LogP contribution in [0.4, 0.5) is 10.1 Å². The van der Waals surface area contributed by atoms with Gasteiger partial charge in [-0.25, -0.2) is 4.39 Å². The normalized spacial score (nSPS) is 12.2. The lowest BCUT2D eigenvalue weighted by Crippen LogP contribution is -2.08. The molecule has 4 heteroatoms. The SMILES string of the molecule is Cc1c(Br)cccc1NC(C)c1cc(F)ccc1O. The van der Waals surface area contributed by atoms with Gasteiger partial charge in [-0.3, -0.25) is 0 Å². The number of benzene rings is 2. The fourth-order valence-electron chi connectivity index (χ4n) is 1.95. The van der Waals surface area contributed by atoms with Crippen LogP contribution in [0.25, 0.3) is 0 Å². The molecular weight excluding hydrogens is 309 g/mol. The van der Waals surface area contributed by atoms with Gasteiger partial charge in [0.2, 0.25) is 0 Å². The highest BCUT2D eigenvalue weighted by Crippen LogP contribution is 2.30. The van der Waals surface area contributed by atoms with Crippen LogP contribution in [-0.2, 0) is 0 Å². The van der Waals surface area contributed by atoms with Gasteiger partial charge in [-0.1, -0.05) is 22.0 Å². The van der Waals surface area contributed by atoms with Crippen molar-refractivity contribution in [1.29, 1.82) is 0 Å². The minimum absolute atomic E-state index is 0.0917. The van der Waals surface area contributed by atoms with Crippen molar-refractivity contribution in [2.45, 2.75) is 19.9 Å². The molecule has 1 unspecified atom stereocenters. The zero-order valence-electron chi connectivity index (χ0n) is 10.7. The van der Waals surface area contributed by atoms with Crippen LogP contribution in [0.3, 0.4) is 0 Å². The molecule has 0 aromatic heterocycles. The Bertz CT molecular complexity index is 601. The fraction of sp³-hybridized carbons (Fsp3) is 0.200. The van der Waals surface area contributed by atoms with Crippen LogP contribution < -0.4 is 5.32 Å². The second-order valence-electron chi connectivity index (χ2n) is 4.48. The molecule has 1 atom stereocenters. The zero-order chi connectivity index (χ0) is 14.0. The first kappa shape index (κ1) is 13.9. The van der Waals surface area contributed by atoms with Crippen LogP contribution in [-0.4, -0.2) is 5.11 Å². The van der Waals surface area contributed by atoms with Gasteiger partial charge in [-0.2, -0.15) is 0 Å². The second-order valence-corrected chi connectivity index (χ2v) is 5.34. The predicted octanol–water partition coefficient (Wildman–Crippen LogP) is 4.78. The number of rotatable bonds is 3. The van der Waals surface area contributed by atoms with E-state index in [2.05, 4.69) is 21.2 Å². The number of phenols is 1. The van der Waals surface area contributed by atoms with Crippen molar-refractivity contribution in [2.75, 3.05) is 5.32 Å². The van der Waals surface area contributed by atoms with Crippen LogP contribution in [0, 0.1) is 12.7 Å². The number of hydrogen-bond donors (Lipinski definition) is 2. The number of phenolic OH excluding ortho intramolecular Hbond substituents is 1. The first-order valence-corrected chi connectivity index (χ1v) is 6.78. The molecule has 2 nitrogen and oxygen atoms in total. The Morgan fingerprint density at radius 2 is 2.00 bits per heavy atom. The van der Waals surface area contributed by atoms with Crippen molar-refractivity contribution < 1.29 is 9.50 Å². The third-order valence-corrected chi connectivity index (χ3v) is 3.95. The highest BCUT2D eigenvalue weighted by atomic mass is 79.9. The topological polar surface area (TPSA) is 32.3 Å². The number of halogens is 2. The average Bonchev–Trinajstić information content (AvgIpc) is 2.38. The molecule has 2 N–H and O–H groups in total. The van der Waals surface area contributed by atoms with Crippen molar-refractivity contribution in [2.24, 2.45) is 0 Å². The Labute approximate surface area is 120 Å². The average molecular weight is 324 g/mol. The maximum atomic E-state index is 13.2. The van der Waals surface area contributed by atoms with Gasteiger partial charge >= 0.3 is 0 Å². The molecule has 0 aliphatic carbocycles. The molecule has 0 bridgehead atoms. The highest BCUT2D eigenvalue weighted by molar-refractivity contribution is 9.10. The van der Waals surface area contributed by atoms with E-state index < -0.39 is 0 Å². The molecular formula is C15H15BrFNO. The summed E-state index contributed by atoms with van der Waals surface area (Å²) in [4.78, 5) is 0. The van der Waals surface area contributed by atoms with E-state index in [0.717, 1.165) is 15.7 Å². The van der Waals surface area contributed by atoms with Crippen molar-refractivity contribution in [1.82, 2.24) is 0 Å². The first-order valence-electron chi connectivity index (χ1n) is 5.99. The summed E-state index contributed by atoms with van der Waals surface area (Å²) in [6, 6.07) is 9.62. The van der Waals surface area contributed by atoms with E-state index in [1.165, 1.54) is 18.2 Å². The summed E-state index contributed by atoms with van der Waals surface area (Å²) >= 11 is 3.47. The summed E-state index contributed by atoms with van der Waals surface area (Å²) in [5.74, 6) is -0.263. The van der Waals surface area contributed by atoms with Gasteiger partial charge in [0.25, 0.3) is 0 Å². The molecule has 0 saturated heterocycles. The third kappa shape index (κ3) is 3.07. The molecule has 0 spiro atoms. The standard InChI is InChI=1S/C15H15BrFNO/c1-9-13(16)4-3-5-14(9)18-10(2)12-8-11(17)6-7-15(12)19/h3-8,10,18-19H,1-2H3. The quantitative estimate of drug-likeness (QED) is 0.852. The molecule has 0 fully saturated rings. The Morgan fingerprint density at radius 1 is 1.26 bits per heavy atom. The predicted molar refractivity (Wildman–Crippen MR) is 79.0 cm³/mol. The molecule has 0 heterocycles. The molecule has 19 heavy (non-hydrogen) atoms. The summed E-state index contributed by atoms with van der Waals surface area (Å²) in [6.07, 6.45) is 0. The third-order valence-electron chi connectivity index (χ3n) is 3.10. The van der Waals surface area contributed by atoms with Crippen molar-refractivity contribution in [3.8, 4) is 5.75 Å². The lowest BCUT2D eigenvalue weighted by Gasteiger charge is -2.19. The van der Waals surface area contributed by atoms with E-state index >= 15 is 0 Å². The Kier molecular flexibility index (Phi) is 4.10. The summed E-state index contributed by atoms with van der Waals surface area (Å²) in [5.41, 5.74) is 2.56. The molecule has 100 valence electrons. The van der Waals surface area contributed by atoms with E-state index in [9.17, 15) is 9.50 Å². The second kappa shape index (κ2) is 5.61. The number of anilines is 1. The van der Waals surface area contributed by atoms with Crippen molar-refractivity contribution >= 4 is 21.6 Å². The lowest BCUT2D eigenvalue weighted by molar-refractivity contribution is 0.462. The number of nitrogens with one attached hydrogen (secondary N) is 1. The Balaban J connectivity index is 2.28. The Morgan fingerprint density at radius 3 is 2.74 bits per heavy atom. The van der Waals surface area contributed by atoms with Gasteiger partial charge in [-0.05, 0) is 49.7 Å². The molecule has 0 aliphatic rings. The summed E-state index contributed by atoms with van der Waals surface area (Å²) in [5, 5.41) is 13.1. The summed E-state index contributed by atoms with van der Waals surface area (Å²) in [7, 11) is 0. The lowest BCUT2D eigenvalue weighted by atomic mass is 10.1. The van der Waals surface area contributed by atoms with Gasteiger partial charge < -0.3 is 10.4 Å². The maximum Gasteiger partial charge on any atom is 0.123 e. The number of aromatic hydroxyl groups is 1. The molecule has 0 amide bonds. The van der Waals surface area contributed by atoms with Crippen LogP contribution >= 0.6 is 15.9 Å². The van der Waals surface area contributed by atoms with Gasteiger partial charge in [0.05, 0.1) is 6.04 Å². The zero-order valence-corrected chi connectivity index (χ0v) is 12.3. The smallest absolute Gasteiger partial charge is 0.123 e. The highest BCUT2D eigenvalue weighted by Gasteiger charge is 2.12. The van der Waals surface area contributed by atoms with Gasteiger partial charge in [0.15, 0.2) is 0 Å². The minimum atomic E-state index is -0.354. The molecule has 0 radical (unpaired) electrons. The van der Waals surface area contributed by atoms with E-state index in [-0.39, 0.29) is 17.6 Å². The van der Waals surface area contributed by atoms with E-state index in [4.69, 9.17) is 0 Å². The maximum absolute atomic E-state index is 13.2. The van der Waals surface area contributed by atoms with Crippen molar-refractivity contribution in [3.63, 3.8) is 0 Å². The summed E-state index contributed by atoms with van der Waals surface area (Å²) in [6.45, 7) is 3.87. The van der Waals surface area contributed by atoms with E-state index in [1.807, 2.05) is 32.0 Å². The van der Waals surface area contributed by atoms with Gasteiger partial charge in [0, 0.05) is 15.7 Å². The van der Waals surface area contributed by atoms with Gasteiger partial charge in [-0.15, -0.1) is 0 Å². The van der Waals surface area contributed by atoms with Crippen LogP contribution in [0.5, 0.6) is 5.75 Å². The molecule has 2 rings (SSSR count). The van der Waals surface area contributed by atoms with Gasteiger partial charge in [0.1, 0.15) is 11.6 Å². The van der Waals surface area contributed by atoms with E-state index in [0.29, 0.717) is 5.56 Å². The summed E-state index contributed by atoms with van der Waals surface area (Å²) < 4.78 is 14.3. The molecule has 0 aliphatic heterocycles. The Hall–Kier alpha value is -1.55. The largest absolute Gasteiger partial charge is 0.508 e. The molecule has 0 saturated carbocycles. The number of hydrogen-bond acceptors (Lipinski definition) is 2. The molecule has 2 aromatic carbocycles. The van der Waals surface area contributed by atoms with Crippen LogP contribution in [0.15, 0.2) is 40.9 Å². The molecule has 2 aromatic rings. The fourth-order valence-corrected chi connectivity index (χ4v) is 2.31. The van der Waals surface area contributed by atoms with E-state index in [1.54, 1.807) is 0 Å².